The number of aromatic hydroxyl groups is 1. The first-order chi connectivity index (χ1) is 10.6. The number of ether oxygens (including phenoxy) is 1. The van der Waals surface area contributed by atoms with Crippen LogP contribution in [0.2, 0.25) is 0 Å². The number of rotatable bonds is 4. The topological polar surface area (TPSA) is 60.2 Å². The minimum Gasteiger partial charge on any atom is -0.506 e. The Morgan fingerprint density at radius 2 is 1.82 bits per heavy atom. The highest BCUT2D eigenvalue weighted by molar-refractivity contribution is 5.73. The zero-order valence-corrected chi connectivity index (χ0v) is 12.5. The van der Waals surface area contributed by atoms with E-state index >= 15 is 0 Å². The zero-order chi connectivity index (χ0) is 15.5. The molecule has 0 aliphatic carbocycles. The smallest absolute Gasteiger partial charge is 0.143 e. The molecule has 0 saturated heterocycles. The van der Waals surface area contributed by atoms with Gasteiger partial charge in [-0.1, -0.05) is 18.2 Å². The summed E-state index contributed by atoms with van der Waals surface area (Å²) in [5.41, 5.74) is 4.10. The summed E-state index contributed by atoms with van der Waals surface area (Å²) in [6.45, 7) is 4.34. The van der Waals surface area contributed by atoms with Gasteiger partial charge in [0.05, 0.1) is 6.26 Å². The van der Waals surface area contributed by atoms with Crippen LogP contribution in [0.25, 0.3) is 16.7 Å². The average Bonchev–Trinajstić information content (AvgIpc) is 2.90. The monoisotopic (exact) mass is 295 g/mol. The molecule has 5 heteroatoms. The van der Waals surface area contributed by atoms with Gasteiger partial charge in [0.2, 0.25) is 0 Å². The predicted molar refractivity (Wildman–Crippen MR) is 84.7 cm³/mol. The van der Waals surface area contributed by atoms with E-state index < -0.39 is 0 Å². The third-order valence-corrected chi connectivity index (χ3v) is 3.11. The number of nitrogens with zero attached hydrogens (tertiary/aromatic N) is 3. The number of phenols is 1. The van der Waals surface area contributed by atoms with Gasteiger partial charge in [-0.2, -0.15) is 0 Å². The van der Waals surface area contributed by atoms with E-state index in [0.29, 0.717) is 12.3 Å². The SMILES string of the molecule is CC(C)=COCc1ccc(-n2nc3ccccc3n2)c(O)c1. The van der Waals surface area contributed by atoms with E-state index in [9.17, 15) is 5.11 Å². The Hall–Kier alpha value is -2.82. The summed E-state index contributed by atoms with van der Waals surface area (Å²) >= 11 is 0. The van der Waals surface area contributed by atoms with Gasteiger partial charge in [0.1, 0.15) is 29.1 Å². The standard InChI is InChI=1S/C17H17N3O2/c1-12(2)10-22-11-13-7-8-16(17(21)9-13)20-18-14-5-3-4-6-15(14)19-20/h3-10,21H,11H2,1-2H3. The molecular weight excluding hydrogens is 278 g/mol. The lowest BCUT2D eigenvalue weighted by molar-refractivity contribution is 0.233. The Balaban J connectivity index is 1.87. The minimum absolute atomic E-state index is 0.124. The highest BCUT2D eigenvalue weighted by atomic mass is 16.5. The van der Waals surface area contributed by atoms with E-state index in [-0.39, 0.29) is 5.75 Å². The lowest BCUT2D eigenvalue weighted by atomic mass is 10.2. The molecule has 3 rings (SSSR count). The fraction of sp³-hybridized carbons (Fsp3) is 0.176. The van der Waals surface area contributed by atoms with E-state index in [2.05, 4.69) is 10.2 Å². The van der Waals surface area contributed by atoms with Crippen LogP contribution in [0.15, 0.2) is 54.3 Å². The molecule has 0 unspecified atom stereocenters. The molecule has 5 nitrogen and oxygen atoms in total. The number of benzene rings is 2. The first kappa shape index (κ1) is 14.1. The second-order valence-electron chi connectivity index (χ2n) is 5.31. The normalized spacial score (nSPS) is 10.6. The molecule has 0 aliphatic rings. The second-order valence-corrected chi connectivity index (χ2v) is 5.31. The number of phenolic OH excluding ortho intramolecular Hbond substituents is 1. The van der Waals surface area contributed by atoms with Crippen LogP contribution < -0.4 is 0 Å². The van der Waals surface area contributed by atoms with Crippen molar-refractivity contribution in [3.63, 3.8) is 0 Å². The van der Waals surface area contributed by atoms with E-state index in [1.54, 1.807) is 18.4 Å². The molecule has 0 radical (unpaired) electrons. The molecule has 1 heterocycles. The first-order valence-electron chi connectivity index (χ1n) is 7.03. The number of hydrogen-bond acceptors (Lipinski definition) is 4. The third-order valence-electron chi connectivity index (χ3n) is 3.11. The summed E-state index contributed by atoms with van der Waals surface area (Å²) in [6.07, 6.45) is 1.70. The molecule has 3 aromatic rings. The molecule has 0 amide bonds. The Bertz CT molecular complexity index is 800. The largest absolute Gasteiger partial charge is 0.506 e. The minimum atomic E-state index is 0.124. The van der Waals surface area contributed by atoms with Crippen molar-refractivity contribution >= 4 is 11.0 Å². The molecule has 112 valence electrons. The third kappa shape index (κ3) is 2.93. The van der Waals surface area contributed by atoms with E-state index in [1.807, 2.05) is 44.2 Å². The van der Waals surface area contributed by atoms with Gasteiger partial charge in [-0.05, 0) is 49.2 Å². The molecule has 0 fully saturated rings. The summed E-state index contributed by atoms with van der Waals surface area (Å²) in [5, 5.41) is 18.9. The average molecular weight is 295 g/mol. The van der Waals surface area contributed by atoms with Crippen LogP contribution >= 0.6 is 0 Å². The van der Waals surface area contributed by atoms with Gasteiger partial charge in [0.15, 0.2) is 0 Å². The Morgan fingerprint density at radius 1 is 1.14 bits per heavy atom. The van der Waals surface area contributed by atoms with E-state index in [4.69, 9.17) is 4.74 Å². The molecule has 1 N–H and O–H groups in total. The van der Waals surface area contributed by atoms with Crippen LogP contribution in [-0.2, 0) is 11.3 Å². The fourth-order valence-electron chi connectivity index (χ4n) is 2.10. The van der Waals surface area contributed by atoms with E-state index in [0.717, 1.165) is 22.2 Å². The quantitative estimate of drug-likeness (QED) is 0.748. The molecule has 0 saturated carbocycles. The maximum Gasteiger partial charge on any atom is 0.143 e. The van der Waals surface area contributed by atoms with Crippen molar-refractivity contribution in [1.82, 2.24) is 15.0 Å². The van der Waals surface area contributed by atoms with Gasteiger partial charge < -0.3 is 9.84 Å². The van der Waals surface area contributed by atoms with Gasteiger partial charge in [-0.3, -0.25) is 0 Å². The zero-order valence-electron chi connectivity index (χ0n) is 12.5. The molecule has 0 bridgehead atoms. The van der Waals surface area contributed by atoms with Crippen LogP contribution in [0, 0.1) is 0 Å². The Labute approximate surface area is 128 Å². The first-order valence-corrected chi connectivity index (χ1v) is 7.03. The summed E-state index contributed by atoms with van der Waals surface area (Å²) in [4.78, 5) is 1.45. The Morgan fingerprint density at radius 3 is 2.41 bits per heavy atom. The number of fused-ring (bicyclic) bond motifs is 1. The number of allylic oxidation sites excluding steroid dienone is 1. The maximum absolute atomic E-state index is 10.2. The molecule has 22 heavy (non-hydrogen) atoms. The maximum atomic E-state index is 10.2. The Kier molecular flexibility index (Phi) is 3.78. The molecule has 0 aliphatic heterocycles. The lowest BCUT2D eigenvalue weighted by Crippen LogP contribution is -1.99. The molecule has 1 aromatic heterocycles. The molecular formula is C17H17N3O2. The molecule has 0 spiro atoms. The van der Waals surface area contributed by atoms with Gasteiger partial charge in [-0.15, -0.1) is 15.0 Å². The van der Waals surface area contributed by atoms with Crippen molar-refractivity contribution in [1.29, 1.82) is 0 Å². The highest BCUT2D eigenvalue weighted by Crippen LogP contribution is 2.23. The molecule has 0 atom stereocenters. The van der Waals surface area contributed by atoms with Crippen molar-refractivity contribution in [3.8, 4) is 11.4 Å². The van der Waals surface area contributed by atoms with Crippen molar-refractivity contribution in [2.45, 2.75) is 20.5 Å². The van der Waals surface area contributed by atoms with Crippen LogP contribution in [0.1, 0.15) is 19.4 Å². The van der Waals surface area contributed by atoms with Gasteiger partial charge >= 0.3 is 0 Å². The summed E-state index contributed by atoms with van der Waals surface area (Å²) in [7, 11) is 0. The van der Waals surface area contributed by atoms with Crippen molar-refractivity contribution in [3.05, 3.63) is 59.9 Å². The van der Waals surface area contributed by atoms with Crippen molar-refractivity contribution < 1.29 is 9.84 Å². The van der Waals surface area contributed by atoms with Crippen LogP contribution in [0.3, 0.4) is 0 Å². The number of aromatic nitrogens is 3. The van der Waals surface area contributed by atoms with Gasteiger partial charge in [-0.25, -0.2) is 0 Å². The number of hydrogen-bond donors (Lipinski definition) is 1. The predicted octanol–water partition coefficient (Wildman–Crippen LogP) is 3.57. The van der Waals surface area contributed by atoms with Gasteiger partial charge in [0, 0.05) is 0 Å². The van der Waals surface area contributed by atoms with Crippen molar-refractivity contribution in [2.24, 2.45) is 0 Å². The summed E-state index contributed by atoms with van der Waals surface area (Å²) in [6, 6.07) is 12.9. The summed E-state index contributed by atoms with van der Waals surface area (Å²) in [5.74, 6) is 0.124. The van der Waals surface area contributed by atoms with Crippen LogP contribution in [0.5, 0.6) is 5.75 Å². The second kappa shape index (κ2) is 5.89. The van der Waals surface area contributed by atoms with Gasteiger partial charge in [0.25, 0.3) is 0 Å². The highest BCUT2D eigenvalue weighted by Gasteiger charge is 2.09. The van der Waals surface area contributed by atoms with Crippen LogP contribution in [-0.4, -0.2) is 20.1 Å². The lowest BCUT2D eigenvalue weighted by Gasteiger charge is -2.06. The van der Waals surface area contributed by atoms with Crippen LogP contribution in [0.4, 0.5) is 0 Å². The van der Waals surface area contributed by atoms with Crippen molar-refractivity contribution in [2.75, 3.05) is 0 Å². The van der Waals surface area contributed by atoms with E-state index in [1.165, 1.54) is 4.80 Å². The summed E-state index contributed by atoms with van der Waals surface area (Å²) < 4.78 is 5.42. The molecule has 2 aromatic carbocycles. The fourth-order valence-corrected chi connectivity index (χ4v) is 2.10.